The largest absolute Gasteiger partial charge is 0.350 e. The number of amides is 2. The third-order valence-corrected chi connectivity index (χ3v) is 5.03. The summed E-state index contributed by atoms with van der Waals surface area (Å²) in [6, 6.07) is 5.43. The lowest BCUT2D eigenvalue weighted by molar-refractivity contribution is 0.0942. The molecule has 1 aromatic heterocycles. The van der Waals surface area contributed by atoms with Crippen LogP contribution in [0.2, 0.25) is 0 Å². The predicted molar refractivity (Wildman–Crippen MR) is 111 cm³/mol. The van der Waals surface area contributed by atoms with Crippen LogP contribution in [0.5, 0.6) is 0 Å². The second kappa shape index (κ2) is 8.17. The number of hydrogen-bond donors (Lipinski definition) is 2. The third-order valence-electron chi connectivity index (χ3n) is 5.03. The molecule has 0 spiro atoms. The fourth-order valence-corrected chi connectivity index (χ4v) is 3.79. The van der Waals surface area contributed by atoms with E-state index in [-0.39, 0.29) is 23.8 Å². The van der Waals surface area contributed by atoms with Gasteiger partial charge in [-0.25, -0.2) is 4.98 Å². The molecule has 2 heterocycles. The van der Waals surface area contributed by atoms with Crippen molar-refractivity contribution in [3.63, 3.8) is 0 Å². The van der Waals surface area contributed by atoms with Crippen LogP contribution in [0.4, 0.5) is 5.69 Å². The molecule has 2 amide bonds. The molecule has 0 radical (unpaired) electrons. The molecule has 1 aliphatic heterocycles. The second-order valence-corrected chi connectivity index (χ2v) is 8.14. The first kappa shape index (κ1) is 20.1. The van der Waals surface area contributed by atoms with E-state index in [9.17, 15) is 9.59 Å². The number of nitrogens with zero attached hydrogens (tertiary/aromatic N) is 2. The highest BCUT2D eigenvalue weighted by atomic mass is 16.2. The molecular weight excluding hydrogens is 352 g/mol. The van der Waals surface area contributed by atoms with Crippen molar-refractivity contribution in [2.24, 2.45) is 0 Å². The van der Waals surface area contributed by atoms with Gasteiger partial charge in [-0.3, -0.25) is 9.59 Å². The average Bonchev–Trinajstić information content (AvgIpc) is 3.01. The van der Waals surface area contributed by atoms with Gasteiger partial charge in [-0.15, -0.1) is 0 Å². The average molecular weight is 383 g/mol. The van der Waals surface area contributed by atoms with Crippen LogP contribution in [-0.4, -0.2) is 27.4 Å². The number of benzene rings is 1. The molecule has 0 bridgehead atoms. The highest BCUT2D eigenvalue weighted by Gasteiger charge is 2.26. The Morgan fingerprint density at radius 1 is 1.11 bits per heavy atom. The van der Waals surface area contributed by atoms with Gasteiger partial charge in [-0.05, 0) is 63.3 Å². The highest BCUT2D eigenvalue weighted by molar-refractivity contribution is 6.04. The summed E-state index contributed by atoms with van der Waals surface area (Å²) in [6.07, 6.45) is 3.17. The summed E-state index contributed by atoms with van der Waals surface area (Å²) in [5, 5.41) is 5.86. The Morgan fingerprint density at radius 3 is 2.50 bits per heavy atom. The van der Waals surface area contributed by atoms with E-state index in [0.717, 1.165) is 42.9 Å². The molecule has 0 unspecified atom stereocenters. The van der Waals surface area contributed by atoms with Crippen LogP contribution in [0, 0.1) is 6.92 Å². The standard InChI is InChI=1S/C22H30N4O2/c1-13(2)20-19(25-18-8-6-7-11-26(18)20)22(28)24-16-9-10-17(15(5)12-16)21(27)23-14(3)4/h9-10,12-14H,6-8,11H2,1-5H3,(H,23,27)(H,24,28). The molecule has 28 heavy (non-hydrogen) atoms. The minimum absolute atomic E-state index is 0.0766. The Balaban J connectivity index is 1.83. The van der Waals surface area contributed by atoms with Gasteiger partial charge in [0.2, 0.25) is 0 Å². The molecule has 0 fully saturated rings. The van der Waals surface area contributed by atoms with Gasteiger partial charge in [0.05, 0.1) is 5.69 Å². The van der Waals surface area contributed by atoms with Crippen molar-refractivity contribution in [2.45, 2.75) is 72.4 Å². The van der Waals surface area contributed by atoms with Crippen LogP contribution in [0.1, 0.15) is 84.4 Å². The maximum absolute atomic E-state index is 13.0. The maximum atomic E-state index is 13.0. The minimum Gasteiger partial charge on any atom is -0.350 e. The Kier molecular flexibility index (Phi) is 5.87. The molecule has 1 aromatic carbocycles. The number of carbonyl (C=O) groups excluding carboxylic acids is 2. The number of hydrogen-bond acceptors (Lipinski definition) is 3. The zero-order valence-electron chi connectivity index (χ0n) is 17.4. The molecule has 3 rings (SSSR count). The highest BCUT2D eigenvalue weighted by Crippen LogP contribution is 2.27. The first-order valence-electron chi connectivity index (χ1n) is 10.1. The van der Waals surface area contributed by atoms with E-state index in [1.807, 2.05) is 26.8 Å². The van der Waals surface area contributed by atoms with Crippen LogP contribution in [-0.2, 0) is 13.0 Å². The molecule has 6 heteroatoms. The van der Waals surface area contributed by atoms with Crippen molar-refractivity contribution in [2.75, 3.05) is 5.32 Å². The van der Waals surface area contributed by atoms with E-state index < -0.39 is 0 Å². The summed E-state index contributed by atoms with van der Waals surface area (Å²) in [7, 11) is 0. The monoisotopic (exact) mass is 382 g/mol. The number of nitrogens with one attached hydrogen (secondary N) is 2. The van der Waals surface area contributed by atoms with Crippen molar-refractivity contribution >= 4 is 17.5 Å². The van der Waals surface area contributed by atoms with Crippen molar-refractivity contribution < 1.29 is 9.59 Å². The SMILES string of the molecule is Cc1cc(NC(=O)c2nc3n(c2C(C)C)CCCC3)ccc1C(=O)NC(C)C. The number of carbonyl (C=O) groups is 2. The normalized spacial score (nSPS) is 13.5. The first-order chi connectivity index (χ1) is 13.3. The van der Waals surface area contributed by atoms with E-state index >= 15 is 0 Å². The summed E-state index contributed by atoms with van der Waals surface area (Å²) >= 11 is 0. The maximum Gasteiger partial charge on any atom is 0.276 e. The van der Waals surface area contributed by atoms with Crippen molar-refractivity contribution in [1.82, 2.24) is 14.9 Å². The van der Waals surface area contributed by atoms with E-state index in [1.165, 1.54) is 0 Å². The van der Waals surface area contributed by atoms with Gasteiger partial charge in [0.15, 0.2) is 0 Å². The van der Waals surface area contributed by atoms with Crippen LogP contribution in [0.3, 0.4) is 0 Å². The Labute approximate surface area is 166 Å². The molecule has 6 nitrogen and oxygen atoms in total. The number of rotatable bonds is 5. The molecule has 0 aliphatic carbocycles. The van der Waals surface area contributed by atoms with Crippen molar-refractivity contribution in [3.8, 4) is 0 Å². The summed E-state index contributed by atoms with van der Waals surface area (Å²) in [4.78, 5) is 29.9. The number of anilines is 1. The van der Waals surface area contributed by atoms with E-state index in [4.69, 9.17) is 0 Å². The van der Waals surface area contributed by atoms with E-state index in [1.54, 1.807) is 12.1 Å². The molecule has 1 aliphatic rings. The van der Waals surface area contributed by atoms with Crippen LogP contribution in [0.15, 0.2) is 18.2 Å². The molecular formula is C22H30N4O2. The van der Waals surface area contributed by atoms with Gasteiger partial charge in [-0.2, -0.15) is 0 Å². The molecule has 0 saturated heterocycles. The number of imidazole rings is 1. The zero-order chi connectivity index (χ0) is 20.4. The zero-order valence-corrected chi connectivity index (χ0v) is 17.4. The lowest BCUT2D eigenvalue weighted by atomic mass is 10.1. The summed E-state index contributed by atoms with van der Waals surface area (Å²) < 4.78 is 2.22. The van der Waals surface area contributed by atoms with E-state index in [0.29, 0.717) is 16.9 Å². The minimum atomic E-state index is -0.190. The van der Waals surface area contributed by atoms with Gasteiger partial charge in [-0.1, -0.05) is 13.8 Å². The fraction of sp³-hybridized carbons (Fsp3) is 0.500. The summed E-state index contributed by atoms with van der Waals surface area (Å²) in [6.45, 7) is 10.9. The predicted octanol–water partition coefficient (Wildman–Crippen LogP) is 4.04. The van der Waals surface area contributed by atoms with Crippen molar-refractivity contribution in [3.05, 3.63) is 46.5 Å². The Bertz CT molecular complexity index is 896. The summed E-state index contributed by atoms with van der Waals surface area (Å²) in [5.41, 5.74) is 3.64. The van der Waals surface area contributed by atoms with Gasteiger partial charge >= 0.3 is 0 Å². The molecule has 0 saturated carbocycles. The Morgan fingerprint density at radius 2 is 1.86 bits per heavy atom. The third kappa shape index (κ3) is 4.11. The van der Waals surface area contributed by atoms with Crippen LogP contribution in [0.25, 0.3) is 0 Å². The number of aryl methyl sites for hydroxylation is 2. The van der Waals surface area contributed by atoms with Crippen LogP contribution < -0.4 is 10.6 Å². The first-order valence-corrected chi connectivity index (χ1v) is 10.1. The topological polar surface area (TPSA) is 76.0 Å². The molecule has 0 atom stereocenters. The van der Waals surface area contributed by atoms with Gasteiger partial charge < -0.3 is 15.2 Å². The van der Waals surface area contributed by atoms with E-state index in [2.05, 4.69) is 34.0 Å². The Hall–Kier alpha value is -2.63. The van der Waals surface area contributed by atoms with Gasteiger partial charge in [0, 0.05) is 30.3 Å². The number of aromatic nitrogens is 2. The molecule has 2 N–H and O–H groups in total. The lowest BCUT2D eigenvalue weighted by Gasteiger charge is -2.18. The molecule has 2 aromatic rings. The number of fused-ring (bicyclic) bond motifs is 1. The van der Waals surface area contributed by atoms with Crippen molar-refractivity contribution in [1.29, 1.82) is 0 Å². The van der Waals surface area contributed by atoms with Gasteiger partial charge in [0.1, 0.15) is 11.5 Å². The second-order valence-electron chi connectivity index (χ2n) is 8.14. The molecule has 150 valence electrons. The van der Waals surface area contributed by atoms with Gasteiger partial charge in [0.25, 0.3) is 11.8 Å². The van der Waals surface area contributed by atoms with Crippen LogP contribution >= 0.6 is 0 Å². The quantitative estimate of drug-likeness (QED) is 0.819. The smallest absolute Gasteiger partial charge is 0.276 e. The summed E-state index contributed by atoms with van der Waals surface area (Å²) in [5.74, 6) is 0.944. The lowest BCUT2D eigenvalue weighted by Crippen LogP contribution is -2.30. The fourth-order valence-electron chi connectivity index (χ4n) is 3.79.